The second-order valence-electron chi connectivity index (χ2n) is 3.82. The molecule has 0 N–H and O–H groups in total. The summed E-state index contributed by atoms with van der Waals surface area (Å²) in [7, 11) is 0. The molecule has 1 fully saturated rings. The zero-order valence-corrected chi connectivity index (χ0v) is 8.38. The second kappa shape index (κ2) is 5.55. The summed E-state index contributed by atoms with van der Waals surface area (Å²) in [5.41, 5.74) is 0. The molecule has 0 unspecified atom stereocenters. The van der Waals surface area contributed by atoms with Gasteiger partial charge in [-0.2, -0.15) is 0 Å². The van der Waals surface area contributed by atoms with E-state index in [9.17, 15) is 0 Å². The lowest BCUT2D eigenvalue weighted by atomic mass is 10.1. The fourth-order valence-corrected chi connectivity index (χ4v) is 1.60. The Morgan fingerprint density at radius 3 is 2.42 bits per heavy atom. The highest BCUT2D eigenvalue weighted by Gasteiger charge is 2.08. The maximum Gasteiger partial charge on any atom is 0.0596 e. The zero-order valence-electron chi connectivity index (χ0n) is 8.38. The van der Waals surface area contributed by atoms with Crippen LogP contribution in [0.3, 0.4) is 0 Å². The Morgan fingerprint density at radius 1 is 1.17 bits per heavy atom. The molecule has 1 aliphatic heterocycles. The highest BCUT2D eigenvalue weighted by atomic mass is 16.5. The number of hydrogen-bond donors (Lipinski definition) is 0. The Morgan fingerprint density at radius 2 is 1.83 bits per heavy atom. The summed E-state index contributed by atoms with van der Waals surface area (Å²) in [6.45, 7) is 8.77. The molecule has 0 aromatic rings. The van der Waals surface area contributed by atoms with Gasteiger partial charge in [-0.1, -0.05) is 6.42 Å². The second-order valence-corrected chi connectivity index (χ2v) is 3.82. The van der Waals surface area contributed by atoms with Gasteiger partial charge in [0.2, 0.25) is 0 Å². The Hall–Kier alpha value is -0.0800. The first-order valence-electron chi connectivity index (χ1n) is 5.13. The number of rotatable bonds is 4. The molecule has 0 aromatic heterocycles. The van der Waals surface area contributed by atoms with Crippen molar-refractivity contribution in [1.29, 1.82) is 0 Å². The molecular formula is C10H21NO. The first-order valence-corrected chi connectivity index (χ1v) is 5.13. The van der Waals surface area contributed by atoms with Gasteiger partial charge in [0.1, 0.15) is 0 Å². The van der Waals surface area contributed by atoms with Crippen LogP contribution in [0.2, 0.25) is 0 Å². The summed E-state index contributed by atoms with van der Waals surface area (Å²) in [6, 6.07) is 0. The van der Waals surface area contributed by atoms with Crippen molar-refractivity contribution in [2.45, 2.75) is 39.2 Å². The van der Waals surface area contributed by atoms with E-state index in [4.69, 9.17) is 4.74 Å². The Kier molecular flexibility index (Phi) is 4.62. The zero-order chi connectivity index (χ0) is 8.81. The van der Waals surface area contributed by atoms with Crippen LogP contribution in [0.5, 0.6) is 0 Å². The molecular weight excluding hydrogens is 150 g/mol. The standard InChI is InChI=1S/C10H21NO/c1-10(2)12-9-8-11-6-4-3-5-7-11/h10H,3-9H2,1-2H3. The van der Waals surface area contributed by atoms with Crippen LogP contribution >= 0.6 is 0 Å². The first kappa shape index (κ1) is 10.0. The lowest BCUT2D eigenvalue weighted by Crippen LogP contribution is -2.33. The molecule has 0 radical (unpaired) electrons. The van der Waals surface area contributed by atoms with Crippen molar-refractivity contribution in [3.05, 3.63) is 0 Å². The smallest absolute Gasteiger partial charge is 0.0596 e. The minimum atomic E-state index is 0.384. The van der Waals surface area contributed by atoms with Crippen molar-refractivity contribution in [1.82, 2.24) is 4.90 Å². The van der Waals surface area contributed by atoms with Crippen LogP contribution < -0.4 is 0 Å². The molecule has 0 amide bonds. The van der Waals surface area contributed by atoms with E-state index in [2.05, 4.69) is 18.7 Å². The van der Waals surface area contributed by atoms with Gasteiger partial charge in [-0.15, -0.1) is 0 Å². The van der Waals surface area contributed by atoms with Gasteiger partial charge in [0.25, 0.3) is 0 Å². The topological polar surface area (TPSA) is 12.5 Å². The van der Waals surface area contributed by atoms with Crippen LogP contribution in [0.1, 0.15) is 33.1 Å². The minimum Gasteiger partial charge on any atom is -0.377 e. The van der Waals surface area contributed by atoms with Crippen LogP contribution in [-0.2, 0) is 4.74 Å². The molecule has 72 valence electrons. The number of nitrogens with zero attached hydrogens (tertiary/aromatic N) is 1. The lowest BCUT2D eigenvalue weighted by molar-refractivity contribution is 0.0551. The van der Waals surface area contributed by atoms with E-state index in [0.29, 0.717) is 6.10 Å². The van der Waals surface area contributed by atoms with Gasteiger partial charge in [0, 0.05) is 6.54 Å². The predicted molar refractivity (Wildman–Crippen MR) is 51.4 cm³/mol. The molecule has 2 heteroatoms. The number of hydrogen-bond acceptors (Lipinski definition) is 2. The lowest BCUT2D eigenvalue weighted by Gasteiger charge is -2.26. The number of piperidine rings is 1. The van der Waals surface area contributed by atoms with E-state index in [0.717, 1.165) is 13.2 Å². The van der Waals surface area contributed by atoms with Crippen molar-refractivity contribution in [3.8, 4) is 0 Å². The van der Waals surface area contributed by atoms with Gasteiger partial charge in [0.15, 0.2) is 0 Å². The number of likely N-dealkylation sites (tertiary alicyclic amines) is 1. The summed E-state index contributed by atoms with van der Waals surface area (Å²) in [5.74, 6) is 0. The van der Waals surface area contributed by atoms with E-state index in [1.165, 1.54) is 32.4 Å². The van der Waals surface area contributed by atoms with E-state index >= 15 is 0 Å². The summed E-state index contributed by atoms with van der Waals surface area (Å²) in [6.07, 6.45) is 4.56. The van der Waals surface area contributed by atoms with Crippen LogP contribution in [0.4, 0.5) is 0 Å². The molecule has 1 aliphatic rings. The molecule has 0 spiro atoms. The summed E-state index contributed by atoms with van der Waals surface area (Å²) in [4.78, 5) is 2.51. The van der Waals surface area contributed by atoms with Crippen molar-refractivity contribution in [2.24, 2.45) is 0 Å². The van der Waals surface area contributed by atoms with E-state index < -0.39 is 0 Å². The molecule has 2 nitrogen and oxygen atoms in total. The quantitative estimate of drug-likeness (QED) is 0.640. The van der Waals surface area contributed by atoms with Gasteiger partial charge in [-0.3, -0.25) is 0 Å². The largest absolute Gasteiger partial charge is 0.377 e. The summed E-state index contributed by atoms with van der Waals surface area (Å²) in [5, 5.41) is 0. The van der Waals surface area contributed by atoms with Crippen molar-refractivity contribution < 1.29 is 4.74 Å². The molecule has 12 heavy (non-hydrogen) atoms. The molecule has 1 heterocycles. The summed E-state index contributed by atoms with van der Waals surface area (Å²) >= 11 is 0. The average Bonchev–Trinajstić information content (AvgIpc) is 2.05. The van der Waals surface area contributed by atoms with Crippen LogP contribution in [0.25, 0.3) is 0 Å². The average molecular weight is 171 g/mol. The normalized spacial score (nSPS) is 20.2. The summed E-state index contributed by atoms with van der Waals surface area (Å²) < 4.78 is 5.50. The Bertz CT molecular complexity index is 108. The third kappa shape index (κ3) is 4.07. The molecule has 0 saturated carbocycles. The van der Waals surface area contributed by atoms with E-state index in [1.54, 1.807) is 0 Å². The van der Waals surface area contributed by atoms with Crippen molar-refractivity contribution in [2.75, 3.05) is 26.2 Å². The molecule has 0 aliphatic carbocycles. The fraction of sp³-hybridized carbons (Fsp3) is 1.00. The fourth-order valence-electron chi connectivity index (χ4n) is 1.60. The van der Waals surface area contributed by atoms with Crippen LogP contribution in [-0.4, -0.2) is 37.2 Å². The van der Waals surface area contributed by atoms with Gasteiger partial charge < -0.3 is 9.64 Å². The first-order chi connectivity index (χ1) is 5.79. The molecule has 1 rings (SSSR count). The van der Waals surface area contributed by atoms with Crippen molar-refractivity contribution >= 4 is 0 Å². The van der Waals surface area contributed by atoms with Crippen molar-refractivity contribution in [3.63, 3.8) is 0 Å². The number of ether oxygens (including phenoxy) is 1. The van der Waals surface area contributed by atoms with Gasteiger partial charge in [-0.25, -0.2) is 0 Å². The predicted octanol–water partition coefficient (Wildman–Crippen LogP) is 1.90. The van der Waals surface area contributed by atoms with Gasteiger partial charge in [0.05, 0.1) is 12.7 Å². The van der Waals surface area contributed by atoms with Crippen LogP contribution in [0.15, 0.2) is 0 Å². The SMILES string of the molecule is CC(C)OCCN1CCCCC1. The maximum atomic E-state index is 5.50. The monoisotopic (exact) mass is 171 g/mol. The third-order valence-corrected chi connectivity index (χ3v) is 2.31. The molecule has 1 saturated heterocycles. The minimum absolute atomic E-state index is 0.384. The molecule has 0 atom stereocenters. The molecule has 0 aromatic carbocycles. The Labute approximate surface area is 75.9 Å². The Balaban J connectivity index is 1.98. The third-order valence-electron chi connectivity index (χ3n) is 2.31. The maximum absolute atomic E-state index is 5.50. The highest BCUT2D eigenvalue weighted by Crippen LogP contribution is 2.07. The van der Waals surface area contributed by atoms with Crippen LogP contribution in [0, 0.1) is 0 Å². The molecule has 0 bridgehead atoms. The van der Waals surface area contributed by atoms with Gasteiger partial charge >= 0.3 is 0 Å². The van der Waals surface area contributed by atoms with E-state index in [-0.39, 0.29) is 0 Å². The van der Waals surface area contributed by atoms with E-state index in [1.807, 2.05) is 0 Å². The van der Waals surface area contributed by atoms with Gasteiger partial charge in [-0.05, 0) is 39.8 Å². The highest BCUT2D eigenvalue weighted by molar-refractivity contribution is 4.63.